The average Bonchev–Trinajstić information content (AvgIpc) is 3.31. The highest BCUT2D eigenvalue weighted by Gasteiger charge is 2.36. The Kier molecular flexibility index (Phi) is 8.57. The Bertz CT molecular complexity index is 1060. The molecule has 1 aliphatic heterocycles. The predicted molar refractivity (Wildman–Crippen MR) is 133 cm³/mol. The number of carboxylic acids is 1. The molecule has 0 radical (unpaired) electrons. The van der Waals surface area contributed by atoms with Gasteiger partial charge in [0.05, 0.1) is 13.2 Å². The van der Waals surface area contributed by atoms with E-state index < -0.39 is 17.9 Å². The lowest BCUT2D eigenvalue weighted by molar-refractivity contribution is -0.143. The van der Waals surface area contributed by atoms with Crippen LogP contribution in [0.25, 0.3) is 0 Å². The van der Waals surface area contributed by atoms with Gasteiger partial charge in [-0.25, -0.2) is 8.78 Å². The molecule has 2 aromatic rings. The Morgan fingerprint density at radius 2 is 2.03 bits per heavy atom. The van der Waals surface area contributed by atoms with E-state index >= 15 is 0 Å². The Morgan fingerprint density at radius 1 is 1.22 bits per heavy atom. The van der Waals surface area contributed by atoms with E-state index in [1.807, 2.05) is 4.90 Å². The topological polar surface area (TPSA) is 71.9 Å². The van der Waals surface area contributed by atoms with Gasteiger partial charge in [0.2, 0.25) is 0 Å². The first-order valence-corrected chi connectivity index (χ1v) is 12.9. The van der Waals surface area contributed by atoms with Crippen LogP contribution < -0.4 is 4.74 Å². The van der Waals surface area contributed by atoms with Crippen LogP contribution in [0.1, 0.15) is 73.1 Å². The highest BCUT2D eigenvalue weighted by Crippen LogP contribution is 2.37. The Hall–Kier alpha value is -2.58. The minimum absolute atomic E-state index is 0.0565. The van der Waals surface area contributed by atoms with Gasteiger partial charge in [0, 0.05) is 49.1 Å². The van der Waals surface area contributed by atoms with Crippen molar-refractivity contribution < 1.29 is 28.2 Å². The molecule has 36 heavy (non-hydrogen) atoms. The molecule has 0 spiro atoms. The Balaban J connectivity index is 1.27. The second kappa shape index (κ2) is 11.6. The summed E-state index contributed by atoms with van der Waals surface area (Å²) in [7, 11) is 1.37. The normalized spacial score (nSPS) is 19.2. The van der Waals surface area contributed by atoms with E-state index in [1.165, 1.54) is 49.4 Å². The Labute approximate surface area is 211 Å². The van der Waals surface area contributed by atoms with Gasteiger partial charge in [-0.3, -0.25) is 14.7 Å². The number of carboxylic acid groups (broad SMARTS) is 1. The van der Waals surface area contributed by atoms with Crippen molar-refractivity contribution in [2.75, 3.05) is 26.8 Å². The van der Waals surface area contributed by atoms with Gasteiger partial charge in [-0.15, -0.1) is 0 Å². The lowest BCUT2D eigenvalue weighted by atomic mass is 9.95. The van der Waals surface area contributed by atoms with Gasteiger partial charge in [-0.05, 0) is 69.1 Å². The molecule has 196 valence electrons. The number of aryl methyl sites for hydroxylation is 3. The third-order valence-electron chi connectivity index (χ3n) is 7.23. The minimum Gasteiger partial charge on any atom is -0.496 e. The maximum Gasteiger partial charge on any atom is 0.325 e. The fraction of sp³-hybridized carbons (Fsp3) is 0.571. The molecular formula is C28H36F2N2O4. The highest BCUT2D eigenvalue weighted by molar-refractivity contribution is 5.77. The average molecular weight is 503 g/mol. The van der Waals surface area contributed by atoms with Gasteiger partial charge >= 0.3 is 5.97 Å². The fourth-order valence-electron chi connectivity index (χ4n) is 5.25. The maximum absolute atomic E-state index is 13.7. The number of carbonyl (C=O) groups is 1. The van der Waals surface area contributed by atoms with Crippen molar-refractivity contribution in [3.63, 3.8) is 0 Å². The fourth-order valence-corrected chi connectivity index (χ4v) is 5.25. The number of rotatable bonds is 11. The van der Waals surface area contributed by atoms with Crippen LogP contribution in [-0.2, 0) is 34.7 Å². The van der Waals surface area contributed by atoms with Crippen LogP contribution in [0.4, 0.5) is 8.78 Å². The second-order valence-electron chi connectivity index (χ2n) is 9.93. The molecule has 0 bridgehead atoms. The van der Waals surface area contributed by atoms with Crippen molar-refractivity contribution in [3.8, 4) is 5.75 Å². The number of fused-ring (bicyclic) bond motifs is 1. The van der Waals surface area contributed by atoms with E-state index in [1.54, 1.807) is 0 Å². The number of ether oxygens (including phenoxy) is 2. The van der Waals surface area contributed by atoms with E-state index in [-0.39, 0.29) is 17.4 Å². The number of hydrogen-bond acceptors (Lipinski definition) is 5. The lowest BCUT2D eigenvalue weighted by Gasteiger charge is -2.26. The molecule has 2 atom stereocenters. The summed E-state index contributed by atoms with van der Waals surface area (Å²) in [6, 6.07) is 7.34. The molecule has 1 aromatic heterocycles. The second-order valence-corrected chi connectivity index (χ2v) is 9.93. The zero-order valence-electron chi connectivity index (χ0n) is 21.1. The molecule has 6 nitrogen and oxygen atoms in total. The number of aromatic nitrogens is 1. The molecule has 1 aliphatic carbocycles. The number of unbranched alkanes of at least 4 members (excludes halogenated alkanes) is 1. The van der Waals surface area contributed by atoms with Gasteiger partial charge in [0.15, 0.2) is 0 Å². The van der Waals surface area contributed by atoms with E-state index in [0.29, 0.717) is 25.3 Å². The molecule has 2 heterocycles. The number of likely N-dealkylation sites (tertiary alicyclic amines) is 1. The summed E-state index contributed by atoms with van der Waals surface area (Å²) in [6.45, 7) is 2.44. The summed E-state index contributed by atoms with van der Waals surface area (Å²) in [6.07, 6.45) is 8.22. The molecule has 2 aliphatic rings. The first kappa shape index (κ1) is 26.5. The molecule has 0 amide bonds. The molecule has 0 saturated carbocycles. The third kappa shape index (κ3) is 6.40. The molecule has 1 saturated heterocycles. The zero-order chi connectivity index (χ0) is 25.7. The summed E-state index contributed by atoms with van der Waals surface area (Å²) in [4.78, 5) is 18.8. The van der Waals surface area contributed by atoms with Crippen molar-refractivity contribution in [2.45, 2.75) is 76.4 Å². The van der Waals surface area contributed by atoms with E-state index in [0.717, 1.165) is 51.1 Å². The molecule has 8 heteroatoms. The number of hydrogen-bond donors (Lipinski definition) is 1. The number of methoxy groups -OCH3 is 1. The molecule has 0 unspecified atom stereocenters. The largest absolute Gasteiger partial charge is 0.496 e. The summed E-state index contributed by atoms with van der Waals surface area (Å²) in [5.74, 6) is -3.92. The quantitative estimate of drug-likeness (QED) is 0.420. The van der Waals surface area contributed by atoms with Crippen LogP contribution in [-0.4, -0.2) is 53.9 Å². The van der Waals surface area contributed by atoms with Crippen LogP contribution >= 0.6 is 0 Å². The van der Waals surface area contributed by atoms with Crippen LogP contribution in [0.5, 0.6) is 5.75 Å². The van der Waals surface area contributed by atoms with Crippen LogP contribution in [0, 0.1) is 0 Å². The van der Waals surface area contributed by atoms with Gasteiger partial charge in [-0.1, -0.05) is 18.2 Å². The van der Waals surface area contributed by atoms with Gasteiger partial charge in [0.25, 0.3) is 5.92 Å². The van der Waals surface area contributed by atoms with E-state index in [2.05, 4.69) is 12.1 Å². The van der Waals surface area contributed by atoms with Gasteiger partial charge < -0.3 is 14.6 Å². The number of alkyl halides is 2. The van der Waals surface area contributed by atoms with E-state index in [9.17, 15) is 18.7 Å². The standard InChI is InChI=1S/C28H36F2N2O4/c1-28(29,30)20-11-13-23(25(17-20)35-2)26(27(33)34)32-15-14-22(18-32)36-16-6-5-8-21-12-10-19-7-3-4-9-24(19)31-21/h10-13,17,22,26H,3-9,14-16,18H2,1-2H3,(H,33,34)/t22-,26-/m1/s1. The van der Waals surface area contributed by atoms with Crippen molar-refractivity contribution in [2.24, 2.45) is 0 Å². The monoisotopic (exact) mass is 502 g/mol. The van der Waals surface area contributed by atoms with Crippen molar-refractivity contribution in [1.29, 1.82) is 0 Å². The third-order valence-corrected chi connectivity index (χ3v) is 7.23. The number of nitrogens with zero attached hydrogens (tertiary/aromatic N) is 2. The van der Waals surface area contributed by atoms with Gasteiger partial charge in [0.1, 0.15) is 11.8 Å². The first-order valence-electron chi connectivity index (χ1n) is 12.9. The van der Waals surface area contributed by atoms with E-state index in [4.69, 9.17) is 14.5 Å². The summed E-state index contributed by atoms with van der Waals surface area (Å²) >= 11 is 0. The predicted octanol–water partition coefficient (Wildman–Crippen LogP) is 5.32. The van der Waals surface area contributed by atoms with Crippen LogP contribution in [0.2, 0.25) is 0 Å². The summed E-state index contributed by atoms with van der Waals surface area (Å²) in [5, 5.41) is 9.96. The molecule has 1 fully saturated rings. The van der Waals surface area contributed by atoms with Crippen molar-refractivity contribution in [3.05, 3.63) is 58.4 Å². The Morgan fingerprint density at radius 3 is 2.78 bits per heavy atom. The zero-order valence-corrected chi connectivity index (χ0v) is 21.1. The molecular weight excluding hydrogens is 466 g/mol. The van der Waals surface area contributed by atoms with Crippen LogP contribution in [0.3, 0.4) is 0 Å². The number of pyridine rings is 1. The van der Waals surface area contributed by atoms with Crippen molar-refractivity contribution >= 4 is 5.97 Å². The number of halogens is 2. The summed E-state index contributed by atoms with van der Waals surface area (Å²) in [5.41, 5.74) is 3.98. The number of benzene rings is 1. The summed E-state index contributed by atoms with van der Waals surface area (Å²) < 4.78 is 38.9. The first-order chi connectivity index (χ1) is 17.3. The van der Waals surface area contributed by atoms with Crippen LogP contribution in [0.15, 0.2) is 30.3 Å². The molecule has 1 aromatic carbocycles. The molecule has 1 N–H and O–H groups in total. The SMILES string of the molecule is COc1cc(C(C)(F)F)ccc1[C@H](C(=O)O)N1CC[C@@H](OCCCCc2ccc3c(n2)CCCC3)C1. The maximum atomic E-state index is 13.7. The number of aliphatic carboxylic acids is 1. The molecule has 4 rings (SSSR count). The lowest BCUT2D eigenvalue weighted by Crippen LogP contribution is -2.34. The smallest absolute Gasteiger partial charge is 0.325 e. The van der Waals surface area contributed by atoms with Crippen molar-refractivity contribution in [1.82, 2.24) is 9.88 Å². The highest BCUT2D eigenvalue weighted by atomic mass is 19.3. The minimum atomic E-state index is -3.03. The van der Waals surface area contributed by atoms with Gasteiger partial charge in [-0.2, -0.15) is 0 Å².